The van der Waals surface area contributed by atoms with Crippen molar-refractivity contribution in [2.75, 3.05) is 51.3 Å². The molecule has 1 amide bonds. The molecule has 0 unspecified atom stereocenters. The summed E-state index contributed by atoms with van der Waals surface area (Å²) in [4.78, 5) is 22.9. The number of hydrogen-bond donors (Lipinski definition) is 0. The number of fused-ring (bicyclic) bond motifs is 1. The summed E-state index contributed by atoms with van der Waals surface area (Å²) >= 11 is 0. The molecule has 0 spiro atoms. The number of rotatable bonds is 5. The molecule has 1 aromatic carbocycles. The predicted molar refractivity (Wildman–Crippen MR) is 135 cm³/mol. The van der Waals surface area contributed by atoms with Gasteiger partial charge in [0.25, 0.3) is 5.91 Å². The average Bonchev–Trinajstić information content (AvgIpc) is 3.41. The van der Waals surface area contributed by atoms with Crippen molar-refractivity contribution in [3.8, 4) is 17.0 Å². The third-order valence-corrected chi connectivity index (χ3v) is 8.86. The number of pyridine rings is 1. The number of aromatic nitrogens is 3. The maximum absolute atomic E-state index is 13.8. The van der Waals surface area contributed by atoms with Gasteiger partial charge in [0.1, 0.15) is 5.75 Å². The molecule has 2 fully saturated rings. The second kappa shape index (κ2) is 9.23. The van der Waals surface area contributed by atoms with E-state index in [0.717, 1.165) is 30.9 Å². The zero-order valence-corrected chi connectivity index (χ0v) is 21.2. The van der Waals surface area contributed by atoms with Crippen LogP contribution in [0.25, 0.3) is 22.3 Å². The molecule has 186 valence electrons. The highest BCUT2D eigenvalue weighted by Crippen LogP contribution is 2.33. The van der Waals surface area contributed by atoms with E-state index in [4.69, 9.17) is 14.8 Å². The minimum Gasteiger partial charge on any atom is -0.497 e. The van der Waals surface area contributed by atoms with E-state index in [1.54, 1.807) is 11.8 Å². The van der Waals surface area contributed by atoms with Gasteiger partial charge in [-0.25, -0.2) is 18.1 Å². The van der Waals surface area contributed by atoms with Crippen LogP contribution < -0.4 is 4.74 Å². The van der Waals surface area contributed by atoms with Crippen LogP contribution in [0.15, 0.2) is 30.3 Å². The van der Waals surface area contributed by atoms with Gasteiger partial charge in [-0.2, -0.15) is 5.10 Å². The predicted octanol–water partition coefficient (Wildman–Crippen LogP) is 2.55. The van der Waals surface area contributed by atoms with Crippen molar-refractivity contribution in [2.24, 2.45) is 0 Å². The van der Waals surface area contributed by atoms with Gasteiger partial charge in [0.2, 0.25) is 0 Å². The first kappa shape index (κ1) is 23.7. The van der Waals surface area contributed by atoms with Crippen LogP contribution in [0.3, 0.4) is 0 Å². The molecule has 2 aliphatic heterocycles. The van der Waals surface area contributed by atoms with Gasteiger partial charge >= 0.3 is 0 Å². The summed E-state index contributed by atoms with van der Waals surface area (Å²) in [6.45, 7) is 8.00. The van der Waals surface area contributed by atoms with Gasteiger partial charge in [0.15, 0.2) is 15.5 Å². The van der Waals surface area contributed by atoms with Crippen LogP contribution in [0.2, 0.25) is 0 Å². The minimum atomic E-state index is -3.11. The lowest BCUT2D eigenvalue weighted by atomic mass is 10.0. The molecule has 0 bridgehead atoms. The number of hydrogen-bond acceptors (Lipinski definition) is 7. The van der Waals surface area contributed by atoms with E-state index in [0.29, 0.717) is 47.5 Å². The van der Waals surface area contributed by atoms with Crippen LogP contribution in [0, 0.1) is 6.92 Å². The highest BCUT2D eigenvalue weighted by Gasteiger charge is 2.33. The number of piperazine rings is 1. The first-order chi connectivity index (χ1) is 16.8. The van der Waals surface area contributed by atoms with Gasteiger partial charge in [0.05, 0.1) is 47.0 Å². The van der Waals surface area contributed by atoms with Crippen molar-refractivity contribution in [1.29, 1.82) is 0 Å². The second-order valence-electron chi connectivity index (χ2n) is 9.30. The van der Waals surface area contributed by atoms with E-state index in [2.05, 4.69) is 11.8 Å². The summed E-state index contributed by atoms with van der Waals surface area (Å²) in [5, 5.41) is 5.41. The lowest BCUT2D eigenvalue weighted by molar-refractivity contribution is 0.0645. The molecule has 0 aliphatic carbocycles. The summed E-state index contributed by atoms with van der Waals surface area (Å²) in [5.41, 5.74) is 3.32. The van der Waals surface area contributed by atoms with Gasteiger partial charge < -0.3 is 14.5 Å². The maximum Gasteiger partial charge on any atom is 0.254 e. The summed E-state index contributed by atoms with van der Waals surface area (Å²) in [5.74, 6) is 0.880. The Morgan fingerprint density at radius 2 is 1.86 bits per heavy atom. The van der Waals surface area contributed by atoms with Gasteiger partial charge in [-0.3, -0.25) is 4.79 Å². The Labute approximate surface area is 205 Å². The number of amides is 1. The van der Waals surface area contributed by atoms with Crippen LogP contribution in [0.1, 0.15) is 35.4 Å². The molecule has 10 heteroatoms. The summed E-state index contributed by atoms with van der Waals surface area (Å²) in [6.07, 6.45) is 0.495. The molecule has 2 aliphatic rings. The standard InChI is InChI=1S/C25H31N5O4S/c1-4-28-10-12-29(13-11-28)25(31)21-15-22(18-5-7-20(34-3)8-6-18)26-24-23(21)17(2)27-30(24)19-9-14-35(32,33)16-19/h5-8,15,19H,4,9-14,16H2,1-3H3/t19-/m0/s1. The average molecular weight is 498 g/mol. The number of carbonyl (C=O) groups excluding carboxylic acids is 1. The van der Waals surface area contributed by atoms with Crippen molar-refractivity contribution >= 4 is 26.8 Å². The van der Waals surface area contributed by atoms with Gasteiger partial charge in [0, 0.05) is 31.7 Å². The molecule has 35 heavy (non-hydrogen) atoms. The molecule has 1 atom stereocenters. The van der Waals surface area contributed by atoms with Crippen LogP contribution in [-0.4, -0.2) is 90.2 Å². The van der Waals surface area contributed by atoms with E-state index in [9.17, 15) is 13.2 Å². The fraction of sp³-hybridized carbons (Fsp3) is 0.480. The summed E-state index contributed by atoms with van der Waals surface area (Å²) in [6, 6.07) is 9.11. The Bertz CT molecular complexity index is 1360. The van der Waals surface area contributed by atoms with Crippen LogP contribution in [-0.2, 0) is 9.84 Å². The highest BCUT2D eigenvalue weighted by molar-refractivity contribution is 7.91. The monoisotopic (exact) mass is 497 g/mol. The number of likely N-dealkylation sites (N-methyl/N-ethyl adjacent to an activating group) is 1. The smallest absolute Gasteiger partial charge is 0.254 e. The van der Waals surface area contributed by atoms with Crippen molar-refractivity contribution < 1.29 is 17.9 Å². The maximum atomic E-state index is 13.8. The lowest BCUT2D eigenvalue weighted by Crippen LogP contribution is -2.48. The topological polar surface area (TPSA) is 97.6 Å². The number of sulfone groups is 1. The molecule has 0 radical (unpaired) electrons. The fourth-order valence-corrected chi connectivity index (χ4v) is 6.74. The zero-order valence-electron chi connectivity index (χ0n) is 20.4. The van der Waals surface area contributed by atoms with E-state index in [1.165, 1.54) is 0 Å². The number of nitrogens with zero attached hydrogens (tertiary/aromatic N) is 5. The number of methoxy groups -OCH3 is 1. The first-order valence-electron chi connectivity index (χ1n) is 12.1. The number of aryl methyl sites for hydroxylation is 1. The van der Waals surface area contributed by atoms with E-state index in [-0.39, 0.29) is 23.5 Å². The number of benzene rings is 1. The third-order valence-electron chi connectivity index (χ3n) is 7.11. The Morgan fingerprint density at radius 3 is 2.46 bits per heavy atom. The van der Waals surface area contributed by atoms with Gasteiger partial charge in [-0.15, -0.1) is 0 Å². The van der Waals surface area contributed by atoms with Gasteiger partial charge in [-0.1, -0.05) is 6.92 Å². The van der Waals surface area contributed by atoms with Crippen molar-refractivity contribution in [3.63, 3.8) is 0 Å². The van der Waals surface area contributed by atoms with Crippen molar-refractivity contribution in [2.45, 2.75) is 26.3 Å². The molecule has 2 saturated heterocycles. The lowest BCUT2D eigenvalue weighted by Gasteiger charge is -2.34. The zero-order chi connectivity index (χ0) is 24.7. The van der Waals surface area contributed by atoms with Crippen LogP contribution in [0.5, 0.6) is 5.75 Å². The molecular weight excluding hydrogens is 466 g/mol. The van der Waals surface area contributed by atoms with Crippen molar-refractivity contribution in [3.05, 3.63) is 41.6 Å². The summed E-state index contributed by atoms with van der Waals surface area (Å²) < 4.78 is 31.4. The normalized spacial score (nSPS) is 20.4. The molecule has 5 rings (SSSR count). The molecule has 0 N–H and O–H groups in total. The molecule has 3 aromatic rings. The summed E-state index contributed by atoms with van der Waals surface area (Å²) in [7, 11) is -1.49. The molecule has 2 aromatic heterocycles. The highest BCUT2D eigenvalue weighted by atomic mass is 32.2. The van der Waals surface area contributed by atoms with Crippen LogP contribution >= 0.6 is 0 Å². The molecule has 4 heterocycles. The molecular formula is C25H31N5O4S. The number of carbonyl (C=O) groups is 1. The quantitative estimate of drug-likeness (QED) is 0.534. The Kier molecular flexibility index (Phi) is 6.27. The molecule has 0 saturated carbocycles. The SMILES string of the molecule is CCN1CCN(C(=O)c2cc(-c3ccc(OC)cc3)nc3c2c(C)nn3[C@H]2CCS(=O)(=O)C2)CC1. The van der Waals surface area contributed by atoms with E-state index >= 15 is 0 Å². The van der Waals surface area contributed by atoms with Crippen molar-refractivity contribution in [1.82, 2.24) is 24.6 Å². The second-order valence-corrected chi connectivity index (χ2v) is 11.5. The Balaban J connectivity index is 1.63. The Hall–Kier alpha value is -2.98. The first-order valence-corrected chi connectivity index (χ1v) is 13.9. The fourth-order valence-electron chi connectivity index (χ4n) is 5.05. The minimum absolute atomic E-state index is 0.0374. The Morgan fingerprint density at radius 1 is 1.14 bits per heavy atom. The number of ether oxygens (including phenoxy) is 1. The molecule has 9 nitrogen and oxygen atoms in total. The van der Waals surface area contributed by atoms with E-state index in [1.807, 2.05) is 42.2 Å². The van der Waals surface area contributed by atoms with Crippen LogP contribution in [0.4, 0.5) is 0 Å². The van der Waals surface area contributed by atoms with Gasteiger partial charge in [-0.05, 0) is 50.2 Å². The third kappa shape index (κ3) is 4.52. The van der Waals surface area contributed by atoms with E-state index < -0.39 is 9.84 Å². The largest absolute Gasteiger partial charge is 0.497 e.